The molecule has 1 atom stereocenters. The summed E-state index contributed by atoms with van der Waals surface area (Å²) < 4.78 is 13.5. The van der Waals surface area contributed by atoms with Crippen LogP contribution >= 0.6 is 0 Å². The van der Waals surface area contributed by atoms with Gasteiger partial charge in [0.1, 0.15) is 5.82 Å². The Labute approximate surface area is 195 Å². The number of benzene rings is 2. The highest BCUT2D eigenvalue weighted by Crippen LogP contribution is 2.31. The Morgan fingerprint density at radius 3 is 2.42 bits per heavy atom. The molecule has 6 heteroatoms. The van der Waals surface area contributed by atoms with Crippen LogP contribution in [0.25, 0.3) is 6.08 Å². The Balaban J connectivity index is 1.35. The van der Waals surface area contributed by atoms with Crippen LogP contribution in [0, 0.1) is 11.7 Å². The van der Waals surface area contributed by atoms with E-state index in [1.807, 2.05) is 47.4 Å². The van der Waals surface area contributed by atoms with E-state index < -0.39 is 0 Å². The number of nitrogens with zero attached hydrogens (tertiary/aromatic N) is 2. The summed E-state index contributed by atoms with van der Waals surface area (Å²) in [5.41, 5.74) is 1.76. The Kier molecular flexibility index (Phi) is 7.89. The summed E-state index contributed by atoms with van der Waals surface area (Å²) in [6.45, 7) is 2.90. The van der Waals surface area contributed by atoms with Crippen molar-refractivity contribution in [3.05, 3.63) is 77.6 Å². The molecule has 0 aromatic heterocycles. The molecule has 0 radical (unpaired) electrons. The van der Waals surface area contributed by atoms with Gasteiger partial charge in [0.25, 0.3) is 0 Å². The van der Waals surface area contributed by atoms with Crippen molar-refractivity contribution in [1.82, 2.24) is 15.1 Å². The minimum absolute atomic E-state index is 0.00600. The quantitative estimate of drug-likeness (QED) is 0.653. The molecule has 33 heavy (non-hydrogen) atoms. The van der Waals surface area contributed by atoms with Crippen molar-refractivity contribution in [3.63, 3.8) is 0 Å². The zero-order valence-electron chi connectivity index (χ0n) is 19.0. The second-order valence-corrected chi connectivity index (χ2v) is 8.94. The van der Waals surface area contributed by atoms with E-state index in [-0.39, 0.29) is 23.7 Å². The summed E-state index contributed by atoms with van der Waals surface area (Å²) in [6, 6.07) is 15.9. The smallest absolute Gasteiger partial charge is 0.246 e. The number of hydrogen-bond acceptors (Lipinski definition) is 3. The molecule has 0 spiro atoms. The van der Waals surface area contributed by atoms with Gasteiger partial charge in [-0.05, 0) is 48.1 Å². The second-order valence-electron chi connectivity index (χ2n) is 8.94. The summed E-state index contributed by atoms with van der Waals surface area (Å²) >= 11 is 0. The molecule has 1 aliphatic carbocycles. The fourth-order valence-electron chi connectivity index (χ4n) is 4.95. The predicted octanol–water partition coefficient (Wildman–Crippen LogP) is 3.86. The lowest BCUT2D eigenvalue weighted by Gasteiger charge is -2.40. The van der Waals surface area contributed by atoms with E-state index in [1.54, 1.807) is 12.1 Å². The number of halogens is 1. The third-order valence-electron chi connectivity index (χ3n) is 6.71. The first-order valence-electron chi connectivity index (χ1n) is 11.9. The molecular weight excluding hydrogens is 417 g/mol. The molecule has 1 unspecified atom stereocenters. The van der Waals surface area contributed by atoms with Gasteiger partial charge in [0.15, 0.2) is 0 Å². The van der Waals surface area contributed by atoms with Crippen LogP contribution in [-0.2, 0) is 16.1 Å². The van der Waals surface area contributed by atoms with E-state index in [4.69, 9.17) is 0 Å². The van der Waals surface area contributed by atoms with Crippen molar-refractivity contribution < 1.29 is 14.0 Å². The number of carbonyl (C=O) groups excluding carboxylic acids is 2. The average molecular weight is 450 g/mol. The third-order valence-corrected chi connectivity index (χ3v) is 6.71. The van der Waals surface area contributed by atoms with E-state index in [9.17, 15) is 14.0 Å². The number of nitrogens with one attached hydrogen (secondary N) is 1. The van der Waals surface area contributed by atoms with Crippen LogP contribution in [0.2, 0.25) is 0 Å². The molecule has 2 amide bonds. The first-order valence-corrected chi connectivity index (χ1v) is 11.9. The van der Waals surface area contributed by atoms with Gasteiger partial charge in [-0.2, -0.15) is 0 Å². The lowest BCUT2D eigenvalue weighted by atomic mass is 9.95. The summed E-state index contributed by atoms with van der Waals surface area (Å²) in [6.07, 6.45) is 7.89. The van der Waals surface area contributed by atoms with E-state index in [1.165, 1.54) is 12.1 Å². The number of rotatable bonds is 7. The molecule has 1 saturated heterocycles. The van der Waals surface area contributed by atoms with Crippen LogP contribution in [0.3, 0.4) is 0 Å². The van der Waals surface area contributed by atoms with Crippen molar-refractivity contribution in [1.29, 1.82) is 0 Å². The molecule has 1 aliphatic heterocycles. The molecule has 2 aromatic carbocycles. The van der Waals surface area contributed by atoms with Gasteiger partial charge in [0.05, 0.1) is 6.04 Å². The number of piperazine rings is 1. The fraction of sp³-hybridized carbons (Fsp3) is 0.407. The molecule has 1 heterocycles. The molecule has 2 aromatic rings. The van der Waals surface area contributed by atoms with Crippen molar-refractivity contribution in [3.8, 4) is 0 Å². The highest BCUT2D eigenvalue weighted by molar-refractivity contribution is 5.91. The maximum atomic E-state index is 13.5. The Morgan fingerprint density at radius 1 is 1.00 bits per heavy atom. The highest BCUT2D eigenvalue weighted by Gasteiger charge is 2.37. The van der Waals surface area contributed by atoms with E-state index in [0.717, 1.165) is 36.8 Å². The van der Waals surface area contributed by atoms with Crippen LogP contribution in [0.15, 0.2) is 60.7 Å². The zero-order chi connectivity index (χ0) is 23.0. The maximum absolute atomic E-state index is 13.5. The van der Waals surface area contributed by atoms with Crippen LogP contribution in [0.1, 0.15) is 36.8 Å². The summed E-state index contributed by atoms with van der Waals surface area (Å²) in [5.74, 6) is 0.0512. The van der Waals surface area contributed by atoms with Crippen molar-refractivity contribution >= 4 is 17.9 Å². The van der Waals surface area contributed by atoms with Crippen molar-refractivity contribution in [2.75, 3.05) is 26.2 Å². The zero-order valence-corrected chi connectivity index (χ0v) is 19.0. The SMILES string of the molecule is O=C(NCc1cccc(F)c1)C(C1CCCC1)N1CCN(C(=O)/C=C/c2ccccc2)CC1. The average Bonchev–Trinajstić information content (AvgIpc) is 3.37. The van der Waals surface area contributed by atoms with Crippen LogP contribution in [0.5, 0.6) is 0 Å². The molecule has 5 nitrogen and oxygen atoms in total. The molecule has 1 saturated carbocycles. The van der Waals surface area contributed by atoms with E-state index in [2.05, 4.69) is 10.2 Å². The van der Waals surface area contributed by atoms with Gasteiger partial charge in [-0.25, -0.2) is 4.39 Å². The predicted molar refractivity (Wildman–Crippen MR) is 128 cm³/mol. The highest BCUT2D eigenvalue weighted by atomic mass is 19.1. The third kappa shape index (κ3) is 6.29. The number of amides is 2. The van der Waals surface area contributed by atoms with Gasteiger partial charge >= 0.3 is 0 Å². The van der Waals surface area contributed by atoms with Gasteiger partial charge in [-0.15, -0.1) is 0 Å². The lowest BCUT2D eigenvalue weighted by molar-refractivity contribution is -0.132. The summed E-state index contributed by atoms with van der Waals surface area (Å²) in [5, 5.41) is 3.03. The molecule has 4 rings (SSSR count). The first kappa shape index (κ1) is 23.2. The Bertz CT molecular complexity index is 964. The first-order chi connectivity index (χ1) is 16.1. The summed E-state index contributed by atoms with van der Waals surface area (Å²) in [7, 11) is 0. The monoisotopic (exact) mass is 449 g/mol. The molecule has 174 valence electrons. The molecular formula is C27H32FN3O2. The van der Waals surface area contributed by atoms with Gasteiger partial charge in [0.2, 0.25) is 11.8 Å². The van der Waals surface area contributed by atoms with Crippen molar-refractivity contribution in [2.24, 2.45) is 5.92 Å². The van der Waals surface area contributed by atoms with Crippen LogP contribution in [0.4, 0.5) is 4.39 Å². The number of carbonyl (C=O) groups is 2. The second kappa shape index (κ2) is 11.2. The standard InChI is InChI=1S/C27H32FN3O2/c28-24-12-6-9-22(19-24)20-29-27(33)26(23-10-4-5-11-23)31-17-15-30(16-18-31)25(32)14-13-21-7-2-1-3-8-21/h1-3,6-9,12-14,19,23,26H,4-5,10-11,15-18,20H2,(H,29,33)/b14-13+. The fourth-order valence-corrected chi connectivity index (χ4v) is 4.95. The number of hydrogen-bond donors (Lipinski definition) is 1. The van der Waals surface area contributed by atoms with Gasteiger partial charge in [-0.1, -0.05) is 55.3 Å². The van der Waals surface area contributed by atoms with E-state index in [0.29, 0.717) is 38.6 Å². The largest absolute Gasteiger partial charge is 0.351 e. The minimum atomic E-state index is -0.295. The topological polar surface area (TPSA) is 52.7 Å². The Morgan fingerprint density at radius 2 is 1.73 bits per heavy atom. The van der Waals surface area contributed by atoms with Gasteiger partial charge < -0.3 is 10.2 Å². The van der Waals surface area contributed by atoms with Crippen molar-refractivity contribution in [2.45, 2.75) is 38.3 Å². The molecule has 2 aliphatic rings. The maximum Gasteiger partial charge on any atom is 0.246 e. The van der Waals surface area contributed by atoms with Crippen LogP contribution in [-0.4, -0.2) is 53.8 Å². The van der Waals surface area contributed by atoms with Gasteiger partial charge in [0, 0.05) is 38.8 Å². The molecule has 2 fully saturated rings. The van der Waals surface area contributed by atoms with Gasteiger partial charge in [-0.3, -0.25) is 14.5 Å². The summed E-state index contributed by atoms with van der Waals surface area (Å²) in [4.78, 5) is 30.0. The molecule has 1 N–H and O–H groups in total. The Hall–Kier alpha value is -2.99. The van der Waals surface area contributed by atoms with E-state index >= 15 is 0 Å². The van der Waals surface area contributed by atoms with Crippen LogP contribution < -0.4 is 5.32 Å². The normalized spacial score (nSPS) is 18.5. The minimum Gasteiger partial charge on any atom is -0.351 e. The molecule has 0 bridgehead atoms. The lowest BCUT2D eigenvalue weighted by Crippen LogP contribution is -2.57.